The van der Waals surface area contributed by atoms with Crippen LogP contribution in [0.3, 0.4) is 0 Å². The highest BCUT2D eigenvalue weighted by atomic mass is 16.5. The smallest absolute Gasteiger partial charge is 0.360 e. The van der Waals surface area contributed by atoms with E-state index in [9.17, 15) is 9.59 Å². The van der Waals surface area contributed by atoms with Crippen molar-refractivity contribution in [3.63, 3.8) is 0 Å². The molecule has 3 heterocycles. The van der Waals surface area contributed by atoms with Crippen LogP contribution in [0.2, 0.25) is 0 Å². The normalized spacial score (nSPS) is 10.4. The van der Waals surface area contributed by atoms with Gasteiger partial charge in [-0.15, -0.1) is 10.2 Å². The summed E-state index contributed by atoms with van der Waals surface area (Å²) in [5.74, 6) is -0.633. The van der Waals surface area contributed by atoms with Gasteiger partial charge in [0.05, 0.1) is 12.8 Å². The lowest BCUT2D eigenvalue weighted by molar-refractivity contribution is 0.0594. The van der Waals surface area contributed by atoms with Crippen LogP contribution in [0, 0.1) is 0 Å². The van der Waals surface area contributed by atoms with Gasteiger partial charge in [0.1, 0.15) is 6.33 Å². The molecule has 24 heavy (non-hydrogen) atoms. The molecule has 0 aromatic carbocycles. The number of hydrogen-bond acceptors (Lipinski definition) is 7. The van der Waals surface area contributed by atoms with Crippen molar-refractivity contribution in [2.24, 2.45) is 7.05 Å². The summed E-state index contributed by atoms with van der Waals surface area (Å²) < 4.78 is 7.69. The van der Waals surface area contributed by atoms with Crippen LogP contribution in [0.5, 0.6) is 0 Å². The Morgan fingerprint density at radius 2 is 2.08 bits per heavy atom. The lowest BCUT2D eigenvalue weighted by Crippen LogP contribution is -2.17. The monoisotopic (exact) mass is 327 g/mol. The average Bonchev–Trinajstić information content (AvgIpc) is 3.24. The first-order valence-corrected chi connectivity index (χ1v) is 6.84. The molecule has 10 heteroatoms. The van der Waals surface area contributed by atoms with E-state index in [2.05, 4.69) is 30.3 Å². The van der Waals surface area contributed by atoms with Gasteiger partial charge < -0.3 is 10.1 Å². The Morgan fingerprint density at radius 1 is 1.25 bits per heavy atom. The minimum atomic E-state index is -0.646. The Morgan fingerprint density at radius 3 is 2.71 bits per heavy atom. The number of nitrogens with zero attached hydrogens (tertiary/aromatic N) is 6. The van der Waals surface area contributed by atoms with Crippen molar-refractivity contribution in [1.82, 2.24) is 29.5 Å². The molecule has 1 amide bonds. The van der Waals surface area contributed by atoms with Crippen LogP contribution in [0.15, 0.2) is 37.1 Å². The molecule has 0 spiro atoms. The second kappa shape index (κ2) is 6.28. The van der Waals surface area contributed by atoms with Crippen LogP contribution < -0.4 is 5.32 Å². The number of imidazole rings is 1. The predicted octanol–water partition coefficient (Wildman–Crippen LogP) is 0.435. The zero-order valence-electron chi connectivity index (χ0n) is 12.9. The fourth-order valence-corrected chi connectivity index (χ4v) is 1.99. The van der Waals surface area contributed by atoms with Gasteiger partial charge in [-0.1, -0.05) is 0 Å². The summed E-state index contributed by atoms with van der Waals surface area (Å²) in [6.45, 7) is 0. The first kappa shape index (κ1) is 15.3. The first-order valence-electron chi connectivity index (χ1n) is 6.84. The Kier molecular flexibility index (Phi) is 4.01. The van der Waals surface area contributed by atoms with Crippen LogP contribution in [0.25, 0.3) is 5.82 Å². The molecule has 3 rings (SSSR count). The average molecular weight is 327 g/mol. The summed E-state index contributed by atoms with van der Waals surface area (Å²) in [5.41, 5.74) is 0.338. The molecule has 0 aliphatic carbocycles. The van der Waals surface area contributed by atoms with Crippen molar-refractivity contribution >= 4 is 17.6 Å². The number of aromatic nitrogens is 6. The van der Waals surface area contributed by atoms with Gasteiger partial charge in [0.2, 0.25) is 0 Å². The van der Waals surface area contributed by atoms with E-state index in [1.165, 1.54) is 24.1 Å². The van der Waals surface area contributed by atoms with Crippen molar-refractivity contribution in [2.75, 3.05) is 12.4 Å². The van der Waals surface area contributed by atoms with E-state index in [0.717, 1.165) is 0 Å². The molecule has 0 fully saturated rings. The molecule has 0 saturated heterocycles. The van der Waals surface area contributed by atoms with E-state index in [-0.39, 0.29) is 17.1 Å². The SMILES string of the molecule is COC(=O)c1nn(C)cc1NC(=O)c1ccc(-n2ccnc2)nn1. The molecule has 3 aromatic rings. The molecule has 1 N–H and O–H groups in total. The van der Waals surface area contributed by atoms with Crippen molar-refractivity contribution in [3.05, 3.63) is 48.4 Å². The topological polar surface area (TPSA) is 117 Å². The van der Waals surface area contributed by atoms with Gasteiger partial charge in [0, 0.05) is 25.6 Å². The summed E-state index contributed by atoms with van der Waals surface area (Å²) in [5, 5.41) is 14.4. The second-order valence-corrected chi connectivity index (χ2v) is 4.76. The Bertz CT molecular complexity index is 868. The van der Waals surface area contributed by atoms with E-state index in [1.807, 2.05) is 0 Å². The summed E-state index contributed by atoms with van der Waals surface area (Å²) in [7, 11) is 2.87. The second-order valence-electron chi connectivity index (χ2n) is 4.76. The van der Waals surface area contributed by atoms with Crippen molar-refractivity contribution < 1.29 is 14.3 Å². The van der Waals surface area contributed by atoms with Crippen LogP contribution in [0.4, 0.5) is 5.69 Å². The van der Waals surface area contributed by atoms with Gasteiger partial charge in [0.25, 0.3) is 5.91 Å². The number of nitrogens with one attached hydrogen (secondary N) is 1. The van der Waals surface area contributed by atoms with E-state index in [4.69, 9.17) is 0 Å². The summed E-state index contributed by atoms with van der Waals surface area (Å²) in [4.78, 5) is 27.8. The molecule has 0 unspecified atom stereocenters. The number of aryl methyl sites for hydroxylation is 1. The fraction of sp³-hybridized carbons (Fsp3) is 0.143. The zero-order chi connectivity index (χ0) is 17.1. The maximum absolute atomic E-state index is 12.3. The van der Waals surface area contributed by atoms with Gasteiger partial charge >= 0.3 is 5.97 Å². The first-order chi connectivity index (χ1) is 11.6. The third-order valence-electron chi connectivity index (χ3n) is 3.11. The molecular formula is C14H13N7O3. The molecule has 0 aliphatic rings. The Balaban J connectivity index is 1.79. The third-order valence-corrected chi connectivity index (χ3v) is 3.11. The molecule has 10 nitrogen and oxygen atoms in total. The molecule has 0 bridgehead atoms. The minimum absolute atomic E-state index is 0.0105. The summed E-state index contributed by atoms with van der Waals surface area (Å²) >= 11 is 0. The third kappa shape index (κ3) is 2.97. The van der Waals surface area contributed by atoms with E-state index in [0.29, 0.717) is 5.82 Å². The predicted molar refractivity (Wildman–Crippen MR) is 81.7 cm³/mol. The molecule has 0 radical (unpaired) electrons. The van der Waals surface area contributed by atoms with Crippen molar-refractivity contribution in [3.8, 4) is 5.82 Å². The van der Waals surface area contributed by atoms with Gasteiger partial charge in [0.15, 0.2) is 17.2 Å². The number of esters is 1. The number of ether oxygens (including phenoxy) is 1. The van der Waals surface area contributed by atoms with Crippen LogP contribution in [0.1, 0.15) is 21.0 Å². The van der Waals surface area contributed by atoms with E-state index in [1.54, 1.807) is 36.4 Å². The Hall–Kier alpha value is -3.56. The highest BCUT2D eigenvalue weighted by molar-refractivity contribution is 6.06. The fourth-order valence-electron chi connectivity index (χ4n) is 1.99. The quantitative estimate of drug-likeness (QED) is 0.691. The lowest BCUT2D eigenvalue weighted by atomic mass is 10.3. The van der Waals surface area contributed by atoms with Gasteiger partial charge in [-0.2, -0.15) is 5.10 Å². The number of hydrogen-bond donors (Lipinski definition) is 1. The number of amides is 1. The minimum Gasteiger partial charge on any atom is -0.464 e. The number of carbonyl (C=O) groups excluding carboxylic acids is 2. The maximum Gasteiger partial charge on any atom is 0.360 e. The summed E-state index contributed by atoms with van der Waals surface area (Å²) in [6.07, 6.45) is 6.39. The number of carbonyl (C=O) groups is 2. The van der Waals surface area contributed by atoms with Crippen LogP contribution in [-0.4, -0.2) is 48.5 Å². The number of anilines is 1. The van der Waals surface area contributed by atoms with Crippen molar-refractivity contribution in [2.45, 2.75) is 0 Å². The van der Waals surface area contributed by atoms with Gasteiger partial charge in [-0.3, -0.25) is 14.0 Å². The molecule has 0 aliphatic heterocycles. The van der Waals surface area contributed by atoms with E-state index < -0.39 is 11.9 Å². The molecule has 122 valence electrons. The standard InChI is InChI=1S/C14H13N7O3/c1-20-7-10(12(19-20)14(23)24-2)16-13(22)9-3-4-11(18-17-9)21-6-5-15-8-21/h3-8H,1-2H3,(H,16,22). The largest absolute Gasteiger partial charge is 0.464 e. The lowest BCUT2D eigenvalue weighted by Gasteiger charge is -2.04. The van der Waals surface area contributed by atoms with Crippen LogP contribution >= 0.6 is 0 Å². The maximum atomic E-state index is 12.3. The summed E-state index contributed by atoms with van der Waals surface area (Å²) in [6, 6.07) is 3.15. The highest BCUT2D eigenvalue weighted by Crippen LogP contribution is 2.15. The highest BCUT2D eigenvalue weighted by Gasteiger charge is 2.19. The van der Waals surface area contributed by atoms with Crippen molar-refractivity contribution in [1.29, 1.82) is 0 Å². The molecule has 0 atom stereocenters. The Labute approximate surface area is 136 Å². The molecular weight excluding hydrogens is 314 g/mol. The molecule has 3 aromatic heterocycles. The van der Waals surface area contributed by atoms with Gasteiger partial charge in [-0.25, -0.2) is 9.78 Å². The zero-order valence-corrected chi connectivity index (χ0v) is 12.9. The molecule has 0 saturated carbocycles. The van der Waals surface area contributed by atoms with Crippen LogP contribution in [-0.2, 0) is 11.8 Å². The van der Waals surface area contributed by atoms with E-state index >= 15 is 0 Å². The van der Waals surface area contributed by atoms with Gasteiger partial charge in [-0.05, 0) is 12.1 Å². The number of rotatable bonds is 4. The number of methoxy groups -OCH3 is 1.